The second-order valence-electron chi connectivity index (χ2n) is 10.1. The predicted molar refractivity (Wildman–Crippen MR) is 153 cm³/mol. The van der Waals surface area contributed by atoms with E-state index in [4.69, 9.17) is 5.73 Å². The van der Waals surface area contributed by atoms with Gasteiger partial charge in [0.05, 0.1) is 19.1 Å². The molecule has 0 radical (unpaired) electrons. The SMILES string of the molecule is CC(C)NC(=O)CNC(=O)C(Cc1ccccc1)N(C)C(=O)CNC(=O)C(C)NC(=O)C(N)Cc1ccc(O)cc1. The van der Waals surface area contributed by atoms with Gasteiger partial charge in [-0.05, 0) is 50.5 Å². The molecule has 3 unspecified atom stereocenters. The Bertz CT molecular complexity index is 1190. The number of carbonyl (C=O) groups is 5. The smallest absolute Gasteiger partial charge is 0.243 e. The summed E-state index contributed by atoms with van der Waals surface area (Å²) >= 11 is 0. The molecule has 0 aliphatic carbocycles. The number of phenolic OH excluding ortho intramolecular Hbond substituents is 1. The molecule has 0 saturated carbocycles. The van der Waals surface area contributed by atoms with Crippen LogP contribution in [0.25, 0.3) is 0 Å². The Morgan fingerprint density at radius 3 is 1.98 bits per heavy atom. The van der Waals surface area contributed by atoms with Crippen LogP contribution >= 0.6 is 0 Å². The zero-order valence-electron chi connectivity index (χ0n) is 23.8. The Balaban J connectivity index is 1.94. The van der Waals surface area contributed by atoms with Crippen molar-refractivity contribution in [3.8, 4) is 5.75 Å². The van der Waals surface area contributed by atoms with Crippen LogP contribution in [-0.2, 0) is 36.8 Å². The summed E-state index contributed by atoms with van der Waals surface area (Å²) in [6.45, 7) is 4.41. The number of hydrogen-bond acceptors (Lipinski definition) is 7. The molecule has 2 aromatic rings. The Morgan fingerprint density at radius 1 is 0.780 bits per heavy atom. The van der Waals surface area contributed by atoms with E-state index in [1.54, 1.807) is 26.0 Å². The molecule has 2 rings (SSSR count). The maximum absolute atomic E-state index is 13.0. The molecule has 3 atom stereocenters. The summed E-state index contributed by atoms with van der Waals surface area (Å²) in [6.07, 6.45) is 0.397. The first-order valence-corrected chi connectivity index (χ1v) is 13.4. The molecule has 222 valence electrons. The predicted octanol–water partition coefficient (Wildman–Crippen LogP) is -0.407. The third-order valence-electron chi connectivity index (χ3n) is 6.20. The van der Waals surface area contributed by atoms with Gasteiger partial charge in [0.2, 0.25) is 29.5 Å². The highest BCUT2D eigenvalue weighted by Crippen LogP contribution is 2.11. The summed E-state index contributed by atoms with van der Waals surface area (Å²) < 4.78 is 0. The molecule has 0 aliphatic rings. The molecule has 5 amide bonds. The maximum Gasteiger partial charge on any atom is 0.243 e. The average Bonchev–Trinajstić information content (AvgIpc) is 2.94. The minimum absolute atomic E-state index is 0.0884. The van der Waals surface area contributed by atoms with E-state index in [-0.39, 0.29) is 37.1 Å². The van der Waals surface area contributed by atoms with Gasteiger partial charge in [-0.3, -0.25) is 24.0 Å². The van der Waals surface area contributed by atoms with Gasteiger partial charge in [-0.1, -0.05) is 42.5 Å². The van der Waals surface area contributed by atoms with Gasteiger partial charge in [0, 0.05) is 19.5 Å². The molecule has 0 fully saturated rings. The van der Waals surface area contributed by atoms with E-state index in [9.17, 15) is 29.1 Å². The van der Waals surface area contributed by atoms with Crippen LogP contribution in [-0.4, -0.2) is 83.8 Å². The highest BCUT2D eigenvalue weighted by atomic mass is 16.3. The van der Waals surface area contributed by atoms with Crippen molar-refractivity contribution in [1.29, 1.82) is 0 Å². The van der Waals surface area contributed by atoms with Crippen molar-refractivity contribution in [2.75, 3.05) is 20.1 Å². The second-order valence-corrected chi connectivity index (χ2v) is 10.1. The van der Waals surface area contributed by atoms with E-state index in [2.05, 4.69) is 21.3 Å². The first kappa shape index (κ1) is 32.8. The zero-order chi connectivity index (χ0) is 30.5. The molecular formula is C29H40N6O6. The molecule has 0 bridgehead atoms. The third-order valence-corrected chi connectivity index (χ3v) is 6.20. The van der Waals surface area contributed by atoms with E-state index in [1.165, 1.54) is 31.0 Å². The van der Waals surface area contributed by atoms with Crippen LogP contribution < -0.4 is 27.0 Å². The standard InChI is InChI=1S/C29H40N6O6/c1-18(2)33-25(37)16-31-29(41)24(15-20-8-6-5-7-9-20)35(4)26(38)17-32-27(39)19(3)34-28(40)23(30)14-21-10-12-22(36)13-11-21/h5-13,18-19,23-24,36H,14-17,30H2,1-4H3,(H,31,41)(H,32,39)(H,33,37)(H,34,40). The van der Waals surface area contributed by atoms with Gasteiger partial charge in [-0.15, -0.1) is 0 Å². The molecule has 7 N–H and O–H groups in total. The summed E-state index contributed by atoms with van der Waals surface area (Å²) in [6, 6.07) is 12.4. The Labute approximate surface area is 240 Å². The number of aromatic hydroxyl groups is 1. The Morgan fingerprint density at radius 2 is 1.37 bits per heavy atom. The molecule has 0 aliphatic heterocycles. The molecule has 2 aromatic carbocycles. The highest BCUT2D eigenvalue weighted by Gasteiger charge is 2.28. The molecule has 12 nitrogen and oxygen atoms in total. The summed E-state index contributed by atoms with van der Waals surface area (Å²) in [4.78, 5) is 64.3. The minimum Gasteiger partial charge on any atom is -0.508 e. The summed E-state index contributed by atoms with van der Waals surface area (Å²) in [5, 5.41) is 19.7. The van der Waals surface area contributed by atoms with E-state index in [0.29, 0.717) is 0 Å². The van der Waals surface area contributed by atoms with Crippen LogP contribution in [0.1, 0.15) is 31.9 Å². The third kappa shape index (κ3) is 11.3. The van der Waals surface area contributed by atoms with Crippen molar-refractivity contribution < 1.29 is 29.1 Å². The zero-order valence-corrected chi connectivity index (χ0v) is 23.8. The summed E-state index contributed by atoms with van der Waals surface area (Å²) in [5.74, 6) is -2.47. The molecular weight excluding hydrogens is 528 g/mol. The number of hydrogen-bond donors (Lipinski definition) is 6. The molecule has 0 aromatic heterocycles. The number of nitrogens with one attached hydrogen (secondary N) is 4. The lowest BCUT2D eigenvalue weighted by Gasteiger charge is -2.28. The summed E-state index contributed by atoms with van der Waals surface area (Å²) in [7, 11) is 1.45. The number of rotatable bonds is 14. The van der Waals surface area contributed by atoms with Crippen molar-refractivity contribution in [1.82, 2.24) is 26.2 Å². The van der Waals surface area contributed by atoms with E-state index in [0.717, 1.165) is 11.1 Å². The number of benzene rings is 2. The van der Waals surface area contributed by atoms with Gasteiger partial charge in [0.15, 0.2) is 0 Å². The first-order chi connectivity index (χ1) is 19.4. The number of carbonyl (C=O) groups excluding carboxylic acids is 5. The van der Waals surface area contributed by atoms with Crippen LogP contribution in [0.4, 0.5) is 0 Å². The Kier molecular flexibility index (Phi) is 12.8. The Hall–Kier alpha value is -4.45. The number of nitrogens with zero attached hydrogens (tertiary/aromatic N) is 1. The second kappa shape index (κ2) is 16.0. The van der Waals surface area contributed by atoms with Crippen molar-refractivity contribution in [2.45, 2.75) is 57.8 Å². The molecule has 41 heavy (non-hydrogen) atoms. The van der Waals surface area contributed by atoms with Crippen molar-refractivity contribution in [2.24, 2.45) is 5.73 Å². The van der Waals surface area contributed by atoms with Gasteiger partial charge in [-0.2, -0.15) is 0 Å². The topological polar surface area (TPSA) is 183 Å². The molecule has 12 heteroatoms. The summed E-state index contributed by atoms with van der Waals surface area (Å²) in [5.41, 5.74) is 7.51. The van der Waals surface area contributed by atoms with Crippen LogP contribution in [0.2, 0.25) is 0 Å². The number of phenols is 1. The van der Waals surface area contributed by atoms with Gasteiger partial charge < -0.3 is 37.0 Å². The van der Waals surface area contributed by atoms with Crippen molar-refractivity contribution in [3.05, 3.63) is 65.7 Å². The number of amides is 5. The van der Waals surface area contributed by atoms with Gasteiger partial charge >= 0.3 is 0 Å². The molecule has 0 spiro atoms. The normalized spacial score (nSPS) is 12.9. The van der Waals surface area contributed by atoms with E-state index < -0.39 is 48.3 Å². The van der Waals surface area contributed by atoms with E-state index >= 15 is 0 Å². The average molecular weight is 569 g/mol. The fraction of sp³-hybridized carbons (Fsp3) is 0.414. The van der Waals surface area contributed by atoms with Crippen LogP contribution in [0.3, 0.4) is 0 Å². The monoisotopic (exact) mass is 568 g/mol. The van der Waals surface area contributed by atoms with Crippen molar-refractivity contribution >= 4 is 29.5 Å². The van der Waals surface area contributed by atoms with E-state index in [1.807, 2.05) is 30.3 Å². The molecule has 0 heterocycles. The fourth-order valence-corrected chi connectivity index (χ4v) is 3.88. The lowest BCUT2D eigenvalue weighted by Crippen LogP contribution is -2.54. The lowest BCUT2D eigenvalue weighted by atomic mass is 10.0. The van der Waals surface area contributed by atoms with Crippen molar-refractivity contribution in [3.63, 3.8) is 0 Å². The first-order valence-electron chi connectivity index (χ1n) is 13.4. The van der Waals surface area contributed by atoms with Crippen LogP contribution in [0, 0.1) is 0 Å². The maximum atomic E-state index is 13.0. The van der Waals surface area contributed by atoms with Crippen LogP contribution in [0.15, 0.2) is 54.6 Å². The largest absolute Gasteiger partial charge is 0.508 e. The van der Waals surface area contributed by atoms with Crippen LogP contribution in [0.5, 0.6) is 5.75 Å². The molecule has 0 saturated heterocycles. The van der Waals surface area contributed by atoms with Gasteiger partial charge in [-0.25, -0.2) is 0 Å². The number of likely N-dealkylation sites (N-methyl/N-ethyl adjacent to an activating group) is 1. The minimum atomic E-state index is -0.977. The quantitative estimate of drug-likeness (QED) is 0.179. The van der Waals surface area contributed by atoms with Gasteiger partial charge in [0.25, 0.3) is 0 Å². The highest BCUT2D eigenvalue weighted by molar-refractivity contribution is 5.94. The fourth-order valence-electron chi connectivity index (χ4n) is 3.88. The number of nitrogens with two attached hydrogens (primary N) is 1. The van der Waals surface area contributed by atoms with Gasteiger partial charge in [0.1, 0.15) is 17.8 Å². The lowest BCUT2D eigenvalue weighted by molar-refractivity contribution is -0.139.